The number of rotatable bonds is 4. The van der Waals surface area contributed by atoms with Crippen molar-refractivity contribution < 1.29 is 0 Å². The lowest BCUT2D eigenvalue weighted by Crippen LogP contribution is -2.22. The number of hydrogen-bond acceptors (Lipinski definition) is 3. The van der Waals surface area contributed by atoms with Gasteiger partial charge in [-0.15, -0.1) is 0 Å². The second kappa shape index (κ2) is 5.46. The third-order valence-electron chi connectivity index (χ3n) is 3.68. The van der Waals surface area contributed by atoms with Crippen LogP contribution in [0.2, 0.25) is 0 Å². The summed E-state index contributed by atoms with van der Waals surface area (Å²) < 4.78 is 4.88. The van der Waals surface area contributed by atoms with Crippen molar-refractivity contribution in [1.29, 1.82) is 0 Å². The molecule has 0 spiro atoms. The van der Waals surface area contributed by atoms with Crippen LogP contribution < -0.4 is 5.32 Å². The summed E-state index contributed by atoms with van der Waals surface area (Å²) in [6, 6.07) is 0.212. The molecule has 0 bridgehead atoms. The third kappa shape index (κ3) is 2.60. The zero-order chi connectivity index (χ0) is 14.2. The minimum Gasteiger partial charge on any atom is -0.311 e. The summed E-state index contributed by atoms with van der Waals surface area (Å²) in [5.74, 6) is 0. The molecule has 2 aromatic rings. The zero-order valence-corrected chi connectivity index (χ0v) is 13.6. The molecule has 1 N–H and O–H groups in total. The molecule has 0 saturated heterocycles. The van der Waals surface area contributed by atoms with Crippen LogP contribution in [0.1, 0.15) is 28.7 Å². The molecule has 2 aromatic heterocycles. The Kier molecular flexibility index (Phi) is 4.10. The Morgan fingerprint density at radius 2 is 2.00 bits per heavy atom. The lowest BCUT2D eigenvalue weighted by molar-refractivity contribution is 0.533. The predicted molar refractivity (Wildman–Crippen MR) is 79.1 cm³/mol. The molecule has 6 heteroatoms. The normalized spacial score (nSPS) is 12.9. The predicted octanol–water partition coefficient (Wildman–Crippen LogP) is 2.04. The third-order valence-corrected chi connectivity index (χ3v) is 4.29. The molecule has 0 amide bonds. The summed E-state index contributed by atoms with van der Waals surface area (Å²) in [4.78, 5) is 0. The number of halogens is 1. The maximum Gasteiger partial charge on any atom is 0.0695 e. The first-order chi connectivity index (χ1) is 8.95. The Bertz CT molecular complexity index is 565. The van der Waals surface area contributed by atoms with Crippen LogP contribution in [0.4, 0.5) is 0 Å². The van der Waals surface area contributed by atoms with Crippen LogP contribution in [0.3, 0.4) is 0 Å². The molecular formula is C13H20BrN5. The van der Waals surface area contributed by atoms with Crippen molar-refractivity contribution in [3.05, 3.63) is 33.3 Å². The molecular weight excluding hydrogens is 306 g/mol. The Morgan fingerprint density at radius 3 is 2.42 bits per heavy atom. The smallest absolute Gasteiger partial charge is 0.0695 e. The van der Waals surface area contributed by atoms with E-state index in [2.05, 4.69) is 45.3 Å². The SMILES string of the molecule is CNC(Cc1c(C)nn(C)c1C)c1c(Br)cnn1C. The number of aryl methyl sites for hydroxylation is 3. The van der Waals surface area contributed by atoms with Crippen molar-refractivity contribution in [1.82, 2.24) is 24.9 Å². The maximum absolute atomic E-state index is 4.48. The highest BCUT2D eigenvalue weighted by molar-refractivity contribution is 9.10. The van der Waals surface area contributed by atoms with Crippen molar-refractivity contribution in [2.24, 2.45) is 14.1 Å². The maximum atomic E-state index is 4.48. The highest BCUT2D eigenvalue weighted by Gasteiger charge is 2.21. The topological polar surface area (TPSA) is 47.7 Å². The van der Waals surface area contributed by atoms with E-state index in [1.807, 2.05) is 36.7 Å². The molecule has 2 heterocycles. The van der Waals surface area contributed by atoms with Crippen molar-refractivity contribution in [3.63, 3.8) is 0 Å². The van der Waals surface area contributed by atoms with Gasteiger partial charge in [-0.2, -0.15) is 10.2 Å². The van der Waals surface area contributed by atoms with Crippen molar-refractivity contribution in [2.45, 2.75) is 26.3 Å². The molecule has 0 saturated carbocycles. The van der Waals surface area contributed by atoms with E-state index < -0.39 is 0 Å². The second-order valence-corrected chi connectivity index (χ2v) is 5.67. The van der Waals surface area contributed by atoms with E-state index in [0.29, 0.717) is 0 Å². The van der Waals surface area contributed by atoms with Crippen molar-refractivity contribution in [2.75, 3.05) is 7.05 Å². The fraction of sp³-hybridized carbons (Fsp3) is 0.538. The summed E-state index contributed by atoms with van der Waals surface area (Å²) in [5.41, 5.74) is 4.77. The number of aromatic nitrogens is 4. The Morgan fingerprint density at radius 1 is 1.32 bits per heavy atom. The average molecular weight is 326 g/mol. The van der Waals surface area contributed by atoms with E-state index in [4.69, 9.17) is 0 Å². The fourth-order valence-corrected chi connectivity index (χ4v) is 3.09. The number of hydrogen-bond donors (Lipinski definition) is 1. The van der Waals surface area contributed by atoms with Crippen LogP contribution in [0.25, 0.3) is 0 Å². The highest BCUT2D eigenvalue weighted by Crippen LogP contribution is 2.27. The van der Waals surface area contributed by atoms with Gasteiger partial charge in [-0.1, -0.05) is 0 Å². The standard InChI is InChI=1S/C13H20BrN5/c1-8-10(9(2)18(4)17-8)6-12(15-3)13-11(14)7-16-19(13)5/h7,12,15H,6H2,1-5H3. The molecule has 104 valence electrons. The van der Waals surface area contributed by atoms with Gasteiger partial charge in [0.2, 0.25) is 0 Å². The molecule has 0 aliphatic rings. The number of nitrogens with zero attached hydrogens (tertiary/aromatic N) is 4. The summed E-state index contributed by atoms with van der Waals surface area (Å²) in [6.07, 6.45) is 2.74. The summed E-state index contributed by atoms with van der Waals surface area (Å²) >= 11 is 3.57. The molecule has 5 nitrogen and oxygen atoms in total. The lowest BCUT2D eigenvalue weighted by atomic mass is 10.0. The molecule has 1 atom stereocenters. The van der Waals surface area contributed by atoms with Crippen LogP contribution >= 0.6 is 15.9 Å². The van der Waals surface area contributed by atoms with E-state index >= 15 is 0 Å². The van der Waals surface area contributed by atoms with Gasteiger partial charge >= 0.3 is 0 Å². The minimum atomic E-state index is 0.212. The van der Waals surface area contributed by atoms with Crippen LogP contribution in [0, 0.1) is 13.8 Å². The van der Waals surface area contributed by atoms with Gasteiger partial charge in [0.25, 0.3) is 0 Å². The summed E-state index contributed by atoms with van der Waals surface area (Å²) in [6.45, 7) is 4.17. The largest absolute Gasteiger partial charge is 0.311 e. The Hall–Kier alpha value is -1.14. The first-order valence-electron chi connectivity index (χ1n) is 6.29. The van der Waals surface area contributed by atoms with Crippen LogP contribution in [-0.2, 0) is 20.5 Å². The summed E-state index contributed by atoms with van der Waals surface area (Å²) in [7, 11) is 5.93. The average Bonchev–Trinajstić information content (AvgIpc) is 2.81. The number of likely N-dealkylation sites (N-methyl/N-ethyl adjacent to an activating group) is 1. The van der Waals surface area contributed by atoms with Crippen LogP contribution in [0.5, 0.6) is 0 Å². The molecule has 0 fully saturated rings. The zero-order valence-electron chi connectivity index (χ0n) is 12.0. The van der Waals surface area contributed by atoms with Gasteiger partial charge in [-0.3, -0.25) is 9.36 Å². The first kappa shape index (κ1) is 14.3. The van der Waals surface area contributed by atoms with Gasteiger partial charge in [0.05, 0.1) is 28.1 Å². The van der Waals surface area contributed by atoms with Crippen molar-refractivity contribution >= 4 is 15.9 Å². The van der Waals surface area contributed by atoms with Gasteiger partial charge < -0.3 is 5.32 Å². The van der Waals surface area contributed by atoms with E-state index in [-0.39, 0.29) is 6.04 Å². The van der Waals surface area contributed by atoms with Gasteiger partial charge in [0, 0.05) is 19.8 Å². The van der Waals surface area contributed by atoms with E-state index in [1.54, 1.807) is 0 Å². The molecule has 0 aliphatic heterocycles. The molecule has 1 unspecified atom stereocenters. The molecule has 0 radical (unpaired) electrons. The monoisotopic (exact) mass is 325 g/mol. The molecule has 0 aliphatic carbocycles. The van der Waals surface area contributed by atoms with E-state index in [1.165, 1.54) is 11.3 Å². The minimum absolute atomic E-state index is 0.212. The lowest BCUT2D eigenvalue weighted by Gasteiger charge is -2.17. The number of nitrogens with one attached hydrogen (secondary N) is 1. The Balaban J connectivity index is 2.35. The second-order valence-electron chi connectivity index (χ2n) is 4.82. The van der Waals surface area contributed by atoms with Crippen LogP contribution in [0.15, 0.2) is 10.7 Å². The van der Waals surface area contributed by atoms with E-state index in [0.717, 1.165) is 22.3 Å². The van der Waals surface area contributed by atoms with Gasteiger partial charge in [-0.05, 0) is 48.8 Å². The van der Waals surface area contributed by atoms with Gasteiger partial charge in [0.15, 0.2) is 0 Å². The van der Waals surface area contributed by atoms with Crippen LogP contribution in [-0.4, -0.2) is 26.6 Å². The fourth-order valence-electron chi connectivity index (χ4n) is 2.46. The van der Waals surface area contributed by atoms with Crippen molar-refractivity contribution in [3.8, 4) is 0 Å². The summed E-state index contributed by atoms with van der Waals surface area (Å²) in [5, 5.41) is 12.1. The van der Waals surface area contributed by atoms with Gasteiger partial charge in [-0.25, -0.2) is 0 Å². The molecule has 19 heavy (non-hydrogen) atoms. The van der Waals surface area contributed by atoms with Gasteiger partial charge in [0.1, 0.15) is 0 Å². The Labute approximate surface area is 122 Å². The highest BCUT2D eigenvalue weighted by atomic mass is 79.9. The molecule has 0 aromatic carbocycles. The van der Waals surface area contributed by atoms with E-state index in [9.17, 15) is 0 Å². The first-order valence-corrected chi connectivity index (χ1v) is 7.08. The molecule has 2 rings (SSSR count). The quantitative estimate of drug-likeness (QED) is 0.935.